The van der Waals surface area contributed by atoms with E-state index in [4.69, 9.17) is 9.47 Å². The first-order valence-electron chi connectivity index (χ1n) is 7.21. The van der Waals surface area contributed by atoms with Crippen molar-refractivity contribution in [3.8, 4) is 11.8 Å². The molecule has 2 aromatic heterocycles. The Morgan fingerprint density at radius 1 is 1.25 bits per heavy atom. The van der Waals surface area contributed by atoms with Gasteiger partial charge in [-0.1, -0.05) is 0 Å². The van der Waals surface area contributed by atoms with Gasteiger partial charge < -0.3 is 19.4 Å². The highest BCUT2D eigenvalue weighted by Crippen LogP contribution is 2.24. The number of aromatic amines is 2. The van der Waals surface area contributed by atoms with Crippen LogP contribution >= 0.6 is 0 Å². The Morgan fingerprint density at radius 3 is 2.71 bits per heavy atom. The van der Waals surface area contributed by atoms with Crippen molar-refractivity contribution in [3.05, 3.63) is 45.0 Å². The van der Waals surface area contributed by atoms with Crippen LogP contribution in [0.1, 0.15) is 16.9 Å². The predicted octanol–water partition coefficient (Wildman–Crippen LogP) is -0.845. The third-order valence-electron chi connectivity index (χ3n) is 3.53. The maximum atomic E-state index is 12.4. The smallest absolute Gasteiger partial charge is 0.326 e. The van der Waals surface area contributed by atoms with Crippen molar-refractivity contribution in [2.24, 2.45) is 0 Å². The molecule has 0 aromatic carbocycles. The zero-order valence-corrected chi connectivity index (χ0v) is 12.8. The summed E-state index contributed by atoms with van der Waals surface area (Å²) in [4.78, 5) is 48.8. The van der Waals surface area contributed by atoms with Gasteiger partial charge in [0.1, 0.15) is 11.8 Å². The molecule has 3 heterocycles. The summed E-state index contributed by atoms with van der Waals surface area (Å²) in [6.07, 6.45) is 3.27. The summed E-state index contributed by atoms with van der Waals surface area (Å²) in [5, 5.41) is 0. The summed E-state index contributed by atoms with van der Waals surface area (Å²) in [5.74, 6) is 0.0838. The number of methoxy groups -OCH3 is 1. The number of nitrogens with one attached hydrogen (secondary N) is 2. The highest BCUT2D eigenvalue weighted by molar-refractivity contribution is 5.92. The summed E-state index contributed by atoms with van der Waals surface area (Å²) < 4.78 is 10.8. The van der Waals surface area contributed by atoms with E-state index in [1.165, 1.54) is 24.4 Å². The third kappa shape index (κ3) is 3.26. The first-order valence-corrected chi connectivity index (χ1v) is 7.21. The van der Waals surface area contributed by atoms with E-state index < -0.39 is 17.2 Å². The summed E-state index contributed by atoms with van der Waals surface area (Å²) in [6.45, 7) is 0.730. The predicted molar refractivity (Wildman–Crippen MR) is 81.2 cm³/mol. The van der Waals surface area contributed by atoms with Crippen molar-refractivity contribution in [2.45, 2.75) is 12.5 Å². The molecule has 1 amide bonds. The van der Waals surface area contributed by atoms with Crippen LogP contribution in [-0.4, -0.2) is 57.0 Å². The molecule has 10 heteroatoms. The van der Waals surface area contributed by atoms with Crippen LogP contribution in [0.15, 0.2) is 28.0 Å². The lowest BCUT2D eigenvalue weighted by Crippen LogP contribution is -2.34. The monoisotopic (exact) mass is 333 g/mol. The molecule has 1 aliphatic heterocycles. The molecule has 2 aromatic rings. The van der Waals surface area contributed by atoms with Crippen molar-refractivity contribution in [3.63, 3.8) is 0 Å². The van der Waals surface area contributed by atoms with E-state index in [1.54, 1.807) is 0 Å². The van der Waals surface area contributed by atoms with Gasteiger partial charge in [-0.3, -0.25) is 14.6 Å². The number of H-pyrrole nitrogens is 2. The van der Waals surface area contributed by atoms with Crippen LogP contribution in [0.5, 0.6) is 11.8 Å². The second-order valence-corrected chi connectivity index (χ2v) is 5.15. The minimum atomic E-state index is -0.720. The number of ether oxygens (including phenoxy) is 2. The SMILES string of the molecule is COc1nccnc1OC1CCN(C(=O)c2cc(=O)[nH]c(=O)[nH]2)C1. The Hall–Kier alpha value is -3.17. The molecule has 2 N–H and O–H groups in total. The van der Waals surface area contributed by atoms with E-state index >= 15 is 0 Å². The van der Waals surface area contributed by atoms with Gasteiger partial charge >= 0.3 is 5.69 Å². The van der Waals surface area contributed by atoms with Crippen molar-refractivity contribution in [2.75, 3.05) is 20.2 Å². The molecule has 1 unspecified atom stereocenters. The van der Waals surface area contributed by atoms with Crippen LogP contribution in [0.2, 0.25) is 0 Å². The minimum Gasteiger partial charge on any atom is -0.477 e. The number of carbonyl (C=O) groups excluding carboxylic acids is 1. The third-order valence-corrected chi connectivity index (χ3v) is 3.53. The number of likely N-dealkylation sites (tertiary alicyclic amines) is 1. The Kier molecular flexibility index (Phi) is 4.27. The highest BCUT2D eigenvalue weighted by atomic mass is 16.5. The summed E-state index contributed by atoms with van der Waals surface area (Å²) in [6, 6.07) is 1.06. The first-order chi connectivity index (χ1) is 11.6. The Balaban J connectivity index is 1.70. The van der Waals surface area contributed by atoms with Crippen LogP contribution in [0, 0.1) is 0 Å². The number of nitrogens with zero attached hydrogens (tertiary/aromatic N) is 3. The van der Waals surface area contributed by atoms with Crippen LogP contribution in [0.4, 0.5) is 0 Å². The van der Waals surface area contributed by atoms with Gasteiger partial charge in [0, 0.05) is 31.4 Å². The average Bonchev–Trinajstić information content (AvgIpc) is 3.02. The molecule has 1 atom stereocenters. The van der Waals surface area contributed by atoms with Crippen molar-refractivity contribution < 1.29 is 14.3 Å². The number of carbonyl (C=O) groups is 1. The van der Waals surface area contributed by atoms with Crippen molar-refractivity contribution >= 4 is 5.91 Å². The molecule has 1 saturated heterocycles. The second kappa shape index (κ2) is 6.52. The molecule has 0 radical (unpaired) electrons. The van der Waals surface area contributed by atoms with Gasteiger partial charge in [-0.25, -0.2) is 14.8 Å². The van der Waals surface area contributed by atoms with Crippen molar-refractivity contribution in [1.82, 2.24) is 24.8 Å². The van der Waals surface area contributed by atoms with Crippen molar-refractivity contribution in [1.29, 1.82) is 0 Å². The van der Waals surface area contributed by atoms with Gasteiger partial charge in [-0.05, 0) is 0 Å². The number of amides is 1. The highest BCUT2D eigenvalue weighted by Gasteiger charge is 2.30. The molecule has 1 aliphatic rings. The van der Waals surface area contributed by atoms with Crippen LogP contribution in [-0.2, 0) is 0 Å². The van der Waals surface area contributed by atoms with Gasteiger partial charge in [0.05, 0.1) is 13.7 Å². The first kappa shape index (κ1) is 15.7. The molecule has 0 bridgehead atoms. The maximum absolute atomic E-state index is 12.4. The van der Waals surface area contributed by atoms with Gasteiger partial charge in [0.2, 0.25) is 0 Å². The summed E-state index contributed by atoms with van der Waals surface area (Å²) in [5.41, 5.74) is -1.40. The molecule has 126 valence electrons. The number of hydrogen-bond donors (Lipinski definition) is 2. The van der Waals surface area contributed by atoms with E-state index in [9.17, 15) is 14.4 Å². The zero-order chi connectivity index (χ0) is 17.1. The fraction of sp³-hybridized carbons (Fsp3) is 0.357. The van der Waals surface area contributed by atoms with E-state index in [0.717, 1.165) is 6.07 Å². The molecule has 1 fully saturated rings. The zero-order valence-electron chi connectivity index (χ0n) is 12.8. The number of aromatic nitrogens is 4. The maximum Gasteiger partial charge on any atom is 0.326 e. The standard InChI is InChI=1S/C14H15N5O5/c1-23-11-12(16-4-3-15-11)24-8-2-5-19(7-8)13(21)9-6-10(20)18-14(22)17-9/h3-4,6,8H,2,5,7H2,1H3,(H2,17,18,20,22). The number of rotatable bonds is 4. The van der Waals surface area contributed by atoms with E-state index in [1.807, 2.05) is 4.98 Å². The molecule has 24 heavy (non-hydrogen) atoms. The van der Waals surface area contributed by atoms with Crippen LogP contribution in [0.25, 0.3) is 0 Å². The Labute approximate surface area is 135 Å². The van der Waals surface area contributed by atoms with Gasteiger partial charge in [-0.2, -0.15) is 0 Å². The van der Waals surface area contributed by atoms with Gasteiger partial charge in [0.15, 0.2) is 0 Å². The topological polar surface area (TPSA) is 130 Å². The minimum absolute atomic E-state index is 0.0542. The lowest BCUT2D eigenvalue weighted by molar-refractivity contribution is 0.0763. The van der Waals surface area contributed by atoms with Crippen LogP contribution < -0.4 is 20.7 Å². The normalized spacial score (nSPS) is 16.9. The van der Waals surface area contributed by atoms with Crippen LogP contribution in [0.3, 0.4) is 0 Å². The van der Waals surface area contributed by atoms with E-state index in [0.29, 0.717) is 19.5 Å². The summed E-state index contributed by atoms with van der Waals surface area (Å²) >= 11 is 0. The Morgan fingerprint density at radius 2 is 2.00 bits per heavy atom. The fourth-order valence-corrected chi connectivity index (χ4v) is 2.45. The Bertz CT molecular complexity index is 833. The molecular formula is C14H15N5O5. The number of hydrogen-bond acceptors (Lipinski definition) is 7. The molecule has 0 saturated carbocycles. The molecule has 0 aliphatic carbocycles. The van der Waals surface area contributed by atoms with E-state index in [2.05, 4.69) is 15.0 Å². The second-order valence-electron chi connectivity index (χ2n) is 5.15. The summed E-state index contributed by atoms with van der Waals surface area (Å²) in [7, 11) is 1.46. The van der Waals surface area contributed by atoms with Gasteiger partial charge in [0.25, 0.3) is 23.2 Å². The van der Waals surface area contributed by atoms with Gasteiger partial charge in [-0.15, -0.1) is 0 Å². The fourth-order valence-electron chi connectivity index (χ4n) is 2.45. The largest absolute Gasteiger partial charge is 0.477 e. The molecular weight excluding hydrogens is 318 g/mol. The lowest BCUT2D eigenvalue weighted by atomic mass is 10.3. The average molecular weight is 333 g/mol. The quantitative estimate of drug-likeness (QED) is 0.745. The molecule has 10 nitrogen and oxygen atoms in total. The van der Waals surface area contributed by atoms with E-state index in [-0.39, 0.29) is 23.6 Å². The molecule has 0 spiro atoms. The molecule has 3 rings (SSSR count). The lowest BCUT2D eigenvalue weighted by Gasteiger charge is -2.17.